The monoisotopic (exact) mass is 537 g/mol. The van der Waals surface area contributed by atoms with Crippen LogP contribution in [-0.2, 0) is 21.2 Å². The first kappa shape index (κ1) is 24.1. The van der Waals surface area contributed by atoms with E-state index in [0.29, 0.717) is 42.7 Å². The van der Waals surface area contributed by atoms with Crippen molar-refractivity contribution < 1.29 is 22.8 Å². The third kappa shape index (κ3) is 4.53. The summed E-state index contributed by atoms with van der Waals surface area (Å²) in [6.07, 6.45) is 1.91. The SMILES string of the molecule is O=C(N[C@H]1CCS(=O)(=O)C1)[C@@H]1CCCN(c2cccc3c2C(=O)N(Cc2cc4ccccc4s2)C3=O)C1. The van der Waals surface area contributed by atoms with Crippen molar-refractivity contribution >= 4 is 54.7 Å². The summed E-state index contributed by atoms with van der Waals surface area (Å²) in [4.78, 5) is 44.0. The van der Waals surface area contributed by atoms with Gasteiger partial charge in [0.1, 0.15) is 0 Å². The fraction of sp³-hybridized carbons (Fsp3) is 0.370. The highest BCUT2D eigenvalue weighted by Gasteiger charge is 2.40. The van der Waals surface area contributed by atoms with Crippen LogP contribution in [0.4, 0.5) is 5.69 Å². The Bertz CT molecular complexity index is 1500. The Morgan fingerprint density at radius 1 is 1.05 bits per heavy atom. The normalized spacial score (nSPS) is 23.0. The number of anilines is 1. The summed E-state index contributed by atoms with van der Waals surface area (Å²) in [6.45, 7) is 1.32. The molecular weight excluding hydrogens is 510 g/mol. The number of thiophene rings is 1. The van der Waals surface area contributed by atoms with E-state index < -0.39 is 9.84 Å². The van der Waals surface area contributed by atoms with Gasteiger partial charge in [-0.25, -0.2) is 8.42 Å². The number of nitrogens with one attached hydrogen (secondary N) is 1. The minimum atomic E-state index is -3.08. The Hall–Kier alpha value is -3.24. The first-order valence-electron chi connectivity index (χ1n) is 12.5. The minimum absolute atomic E-state index is 0.00633. The van der Waals surface area contributed by atoms with E-state index in [9.17, 15) is 22.8 Å². The third-order valence-corrected chi connectivity index (χ3v) is 10.3. The van der Waals surface area contributed by atoms with Gasteiger partial charge in [0.2, 0.25) is 5.91 Å². The molecule has 2 fully saturated rings. The van der Waals surface area contributed by atoms with Gasteiger partial charge in [-0.3, -0.25) is 19.3 Å². The molecule has 2 aromatic carbocycles. The smallest absolute Gasteiger partial charge is 0.264 e. The molecule has 0 spiro atoms. The molecule has 0 unspecified atom stereocenters. The second kappa shape index (κ2) is 9.25. The highest BCUT2D eigenvalue weighted by atomic mass is 32.2. The number of nitrogens with zero attached hydrogens (tertiary/aromatic N) is 2. The summed E-state index contributed by atoms with van der Waals surface area (Å²) in [6, 6.07) is 15.0. The summed E-state index contributed by atoms with van der Waals surface area (Å²) in [7, 11) is -3.08. The lowest BCUT2D eigenvalue weighted by atomic mass is 9.95. The lowest BCUT2D eigenvalue weighted by Gasteiger charge is -2.35. The molecule has 2 atom stereocenters. The van der Waals surface area contributed by atoms with Crippen LogP contribution in [0.15, 0.2) is 48.5 Å². The zero-order valence-electron chi connectivity index (χ0n) is 20.2. The molecule has 3 aliphatic rings. The quantitative estimate of drug-likeness (QED) is 0.502. The van der Waals surface area contributed by atoms with Gasteiger partial charge in [-0.05, 0) is 48.9 Å². The van der Waals surface area contributed by atoms with Gasteiger partial charge >= 0.3 is 0 Å². The van der Waals surface area contributed by atoms with E-state index in [1.165, 1.54) is 4.90 Å². The highest BCUT2D eigenvalue weighted by Crippen LogP contribution is 2.36. The molecule has 2 saturated heterocycles. The first-order chi connectivity index (χ1) is 17.8. The Labute approximate surface area is 219 Å². The third-order valence-electron chi connectivity index (χ3n) is 7.48. The number of amides is 3. The summed E-state index contributed by atoms with van der Waals surface area (Å²) in [5.74, 6) is -0.959. The molecule has 3 aromatic rings. The van der Waals surface area contributed by atoms with Crippen LogP contribution in [0.1, 0.15) is 44.9 Å². The molecule has 3 amide bonds. The van der Waals surface area contributed by atoms with Crippen LogP contribution >= 0.6 is 11.3 Å². The number of hydrogen-bond acceptors (Lipinski definition) is 7. The van der Waals surface area contributed by atoms with Crippen LogP contribution in [0, 0.1) is 5.92 Å². The summed E-state index contributed by atoms with van der Waals surface area (Å²) in [5.41, 5.74) is 1.47. The second-order valence-corrected chi connectivity index (χ2v) is 13.4. The van der Waals surface area contributed by atoms with Crippen molar-refractivity contribution in [2.75, 3.05) is 29.5 Å². The topological polar surface area (TPSA) is 104 Å². The standard InChI is InChI=1S/C27H27N3O5S2/c31-25(28-19-10-12-37(34,35)16-19)18-6-4-11-29(14-18)22-8-3-7-21-24(22)27(33)30(26(21)32)15-20-13-17-5-1-2-9-23(17)36-20/h1-3,5,7-9,13,18-19H,4,6,10-12,14-16H2,(H,28,31)/t18-,19+/m1/s1. The largest absolute Gasteiger partial charge is 0.370 e. The average molecular weight is 538 g/mol. The summed E-state index contributed by atoms with van der Waals surface area (Å²) in [5, 5.41) is 4.01. The number of rotatable bonds is 5. The van der Waals surface area contributed by atoms with Crippen LogP contribution in [0.5, 0.6) is 0 Å². The van der Waals surface area contributed by atoms with E-state index in [2.05, 4.69) is 5.32 Å². The van der Waals surface area contributed by atoms with Gasteiger partial charge in [-0.15, -0.1) is 11.3 Å². The van der Waals surface area contributed by atoms with Crippen molar-refractivity contribution in [3.63, 3.8) is 0 Å². The maximum atomic E-state index is 13.5. The molecule has 4 heterocycles. The lowest BCUT2D eigenvalue weighted by molar-refractivity contribution is -0.125. The van der Waals surface area contributed by atoms with Crippen molar-refractivity contribution in [3.8, 4) is 0 Å². The van der Waals surface area contributed by atoms with E-state index in [0.717, 1.165) is 21.4 Å². The molecule has 6 rings (SSSR count). The second-order valence-electron chi connectivity index (χ2n) is 10.0. The van der Waals surface area contributed by atoms with Crippen molar-refractivity contribution in [2.24, 2.45) is 5.92 Å². The summed E-state index contributed by atoms with van der Waals surface area (Å²) >= 11 is 1.58. The van der Waals surface area contributed by atoms with Gasteiger partial charge in [0.05, 0.1) is 40.8 Å². The number of benzene rings is 2. The van der Waals surface area contributed by atoms with Gasteiger partial charge in [0, 0.05) is 28.7 Å². The molecule has 8 nitrogen and oxygen atoms in total. The van der Waals surface area contributed by atoms with E-state index in [1.54, 1.807) is 23.5 Å². The maximum Gasteiger partial charge on any atom is 0.264 e. The van der Waals surface area contributed by atoms with E-state index in [1.807, 2.05) is 41.3 Å². The van der Waals surface area contributed by atoms with Crippen molar-refractivity contribution in [2.45, 2.75) is 31.8 Å². The molecule has 10 heteroatoms. The number of hydrogen-bond donors (Lipinski definition) is 1. The number of imide groups is 1. The van der Waals surface area contributed by atoms with E-state index in [4.69, 9.17) is 0 Å². The van der Waals surface area contributed by atoms with Gasteiger partial charge in [0.25, 0.3) is 11.8 Å². The molecule has 1 N–H and O–H groups in total. The van der Waals surface area contributed by atoms with Gasteiger partial charge in [-0.1, -0.05) is 24.3 Å². The molecule has 192 valence electrons. The molecule has 3 aliphatic heterocycles. The van der Waals surface area contributed by atoms with Crippen LogP contribution < -0.4 is 10.2 Å². The Morgan fingerprint density at radius 3 is 2.68 bits per heavy atom. The van der Waals surface area contributed by atoms with E-state index >= 15 is 0 Å². The fourth-order valence-corrected chi connectivity index (χ4v) is 8.36. The van der Waals surface area contributed by atoms with Crippen LogP contribution in [0.3, 0.4) is 0 Å². The number of carbonyl (C=O) groups is 3. The Balaban J connectivity index is 1.20. The molecule has 0 saturated carbocycles. The predicted molar refractivity (Wildman–Crippen MR) is 143 cm³/mol. The van der Waals surface area contributed by atoms with Gasteiger partial charge < -0.3 is 10.2 Å². The highest BCUT2D eigenvalue weighted by molar-refractivity contribution is 7.91. The number of fused-ring (bicyclic) bond motifs is 2. The van der Waals surface area contributed by atoms with Crippen LogP contribution in [-0.4, -0.2) is 61.7 Å². The lowest BCUT2D eigenvalue weighted by Crippen LogP contribution is -2.46. The average Bonchev–Trinajstić information content (AvgIpc) is 3.53. The van der Waals surface area contributed by atoms with Gasteiger partial charge in [0.15, 0.2) is 9.84 Å². The first-order valence-corrected chi connectivity index (χ1v) is 15.2. The number of sulfone groups is 1. The molecule has 0 bridgehead atoms. The van der Waals surface area contributed by atoms with Crippen molar-refractivity contribution in [3.05, 3.63) is 64.5 Å². The minimum Gasteiger partial charge on any atom is -0.370 e. The maximum absolute atomic E-state index is 13.5. The molecule has 1 aromatic heterocycles. The number of carbonyl (C=O) groups excluding carboxylic acids is 3. The Kier molecular flexibility index (Phi) is 6.03. The molecular formula is C27H27N3O5S2. The van der Waals surface area contributed by atoms with Crippen LogP contribution in [0.25, 0.3) is 10.1 Å². The summed E-state index contributed by atoms with van der Waals surface area (Å²) < 4.78 is 24.6. The Morgan fingerprint density at radius 2 is 1.89 bits per heavy atom. The molecule has 0 radical (unpaired) electrons. The van der Waals surface area contributed by atoms with E-state index in [-0.39, 0.29) is 47.7 Å². The molecule has 0 aliphatic carbocycles. The fourth-order valence-electron chi connectivity index (χ4n) is 5.63. The van der Waals surface area contributed by atoms with Crippen molar-refractivity contribution in [1.29, 1.82) is 0 Å². The molecule has 37 heavy (non-hydrogen) atoms. The van der Waals surface area contributed by atoms with Crippen LogP contribution in [0.2, 0.25) is 0 Å². The zero-order valence-corrected chi connectivity index (χ0v) is 21.8. The van der Waals surface area contributed by atoms with Gasteiger partial charge in [-0.2, -0.15) is 0 Å². The van der Waals surface area contributed by atoms with Crippen molar-refractivity contribution in [1.82, 2.24) is 10.2 Å². The number of piperidine rings is 1. The zero-order chi connectivity index (χ0) is 25.7. The predicted octanol–water partition coefficient (Wildman–Crippen LogP) is 3.22.